The van der Waals surface area contributed by atoms with Crippen molar-refractivity contribution in [1.29, 1.82) is 0 Å². The largest absolute Gasteiger partial charge is 0.481 e. The Labute approximate surface area is 117 Å². The molecule has 0 aromatic carbocycles. The Morgan fingerprint density at radius 3 is 2.78 bits per heavy atom. The van der Waals surface area contributed by atoms with Gasteiger partial charge in [-0.05, 0) is 27.4 Å². The van der Waals surface area contributed by atoms with E-state index in [-0.39, 0.29) is 30.4 Å². The molecule has 0 atom stereocenters. The number of nitrogens with one attached hydrogen (secondary N) is 1. The summed E-state index contributed by atoms with van der Waals surface area (Å²) in [4.78, 5) is 10.2. The zero-order valence-electron chi connectivity index (χ0n) is 9.26. The Balaban J connectivity index is 2.31. The van der Waals surface area contributed by atoms with E-state index in [1.54, 1.807) is 11.4 Å². The smallest absolute Gasteiger partial charge is 0.305 e. The molecule has 0 amide bonds. The normalized spacial score (nSPS) is 11.6. The second-order valence-corrected chi connectivity index (χ2v) is 6.94. The van der Waals surface area contributed by atoms with Gasteiger partial charge in [-0.1, -0.05) is 0 Å². The van der Waals surface area contributed by atoms with Crippen LogP contribution in [0.1, 0.15) is 6.42 Å². The second-order valence-electron chi connectivity index (χ2n) is 3.21. The van der Waals surface area contributed by atoms with Crippen LogP contribution in [0.2, 0.25) is 0 Å². The van der Waals surface area contributed by atoms with Gasteiger partial charge in [0.1, 0.15) is 4.21 Å². The molecule has 0 saturated heterocycles. The third-order valence-corrected chi connectivity index (χ3v) is 5.96. The molecule has 0 aliphatic heterocycles. The second kappa shape index (κ2) is 7.19. The highest BCUT2D eigenvalue weighted by molar-refractivity contribution is 9.10. The molecule has 0 spiro atoms. The average Bonchev–Trinajstić information content (AvgIpc) is 2.70. The van der Waals surface area contributed by atoms with E-state index in [0.717, 1.165) is 11.3 Å². The van der Waals surface area contributed by atoms with Crippen LogP contribution in [-0.2, 0) is 19.6 Å². The minimum atomic E-state index is -3.53. The first kappa shape index (κ1) is 15.6. The fraction of sp³-hybridized carbons (Fsp3) is 0.444. The number of hydrogen-bond donors (Lipinski definition) is 2. The lowest BCUT2D eigenvalue weighted by Crippen LogP contribution is -2.27. The molecule has 9 heteroatoms. The van der Waals surface area contributed by atoms with E-state index in [1.807, 2.05) is 0 Å². The van der Waals surface area contributed by atoms with Gasteiger partial charge in [0, 0.05) is 11.0 Å². The van der Waals surface area contributed by atoms with Crippen molar-refractivity contribution in [1.82, 2.24) is 4.72 Å². The maximum atomic E-state index is 11.8. The first-order chi connectivity index (χ1) is 8.43. The van der Waals surface area contributed by atoms with Gasteiger partial charge in [-0.15, -0.1) is 11.3 Å². The van der Waals surface area contributed by atoms with Crippen LogP contribution >= 0.6 is 27.3 Å². The molecule has 1 rings (SSSR count). The van der Waals surface area contributed by atoms with Crippen molar-refractivity contribution >= 4 is 43.3 Å². The third kappa shape index (κ3) is 5.02. The quantitative estimate of drug-likeness (QED) is 0.683. The SMILES string of the molecule is O=C(O)CCOCCNS(=O)(=O)c1sccc1Br. The number of carbonyl (C=O) groups is 1. The number of carboxylic acids is 1. The molecule has 6 nitrogen and oxygen atoms in total. The molecule has 1 heterocycles. The predicted molar refractivity (Wildman–Crippen MR) is 70.3 cm³/mol. The van der Waals surface area contributed by atoms with Gasteiger partial charge in [0.2, 0.25) is 0 Å². The number of carboxylic acid groups (broad SMARTS) is 1. The lowest BCUT2D eigenvalue weighted by Gasteiger charge is -2.05. The van der Waals surface area contributed by atoms with Crippen LogP contribution < -0.4 is 4.72 Å². The number of sulfonamides is 1. The van der Waals surface area contributed by atoms with Gasteiger partial charge in [-0.3, -0.25) is 4.79 Å². The highest BCUT2D eigenvalue weighted by Gasteiger charge is 2.18. The van der Waals surface area contributed by atoms with Gasteiger partial charge < -0.3 is 9.84 Å². The number of halogens is 1. The molecule has 2 N–H and O–H groups in total. The van der Waals surface area contributed by atoms with Gasteiger partial charge >= 0.3 is 5.97 Å². The van der Waals surface area contributed by atoms with Crippen LogP contribution in [0, 0.1) is 0 Å². The van der Waals surface area contributed by atoms with E-state index in [1.165, 1.54) is 0 Å². The Morgan fingerprint density at radius 1 is 1.50 bits per heavy atom. The molecule has 0 aliphatic rings. The molecule has 0 aliphatic carbocycles. The van der Waals surface area contributed by atoms with Gasteiger partial charge in [0.25, 0.3) is 10.0 Å². The number of thiophene rings is 1. The summed E-state index contributed by atoms with van der Waals surface area (Å²) in [6.07, 6.45) is -0.0940. The van der Waals surface area contributed by atoms with Crippen molar-refractivity contribution < 1.29 is 23.1 Å². The third-order valence-electron chi connectivity index (χ3n) is 1.83. The Hall–Kier alpha value is -0.480. The van der Waals surface area contributed by atoms with Crippen LogP contribution in [0.25, 0.3) is 0 Å². The van der Waals surface area contributed by atoms with Crippen LogP contribution in [0.3, 0.4) is 0 Å². The molecule has 0 bridgehead atoms. The van der Waals surface area contributed by atoms with E-state index in [0.29, 0.717) is 4.47 Å². The van der Waals surface area contributed by atoms with Gasteiger partial charge in [-0.2, -0.15) is 0 Å². The predicted octanol–water partition coefficient (Wildman–Crippen LogP) is 1.28. The van der Waals surface area contributed by atoms with Crippen molar-refractivity contribution in [2.24, 2.45) is 0 Å². The van der Waals surface area contributed by atoms with Crippen molar-refractivity contribution in [3.63, 3.8) is 0 Å². The van der Waals surface area contributed by atoms with E-state index < -0.39 is 16.0 Å². The maximum Gasteiger partial charge on any atom is 0.305 e. The summed E-state index contributed by atoms with van der Waals surface area (Å²) in [5.41, 5.74) is 0. The summed E-state index contributed by atoms with van der Waals surface area (Å²) in [6.45, 7) is 0.307. The maximum absolute atomic E-state index is 11.8. The standard InChI is InChI=1S/C9H12BrNO5S2/c10-7-2-6-17-9(7)18(14,15)11-3-5-16-4-1-8(12)13/h2,6,11H,1,3-5H2,(H,12,13). The first-order valence-corrected chi connectivity index (χ1v) is 8.11. The minimum absolute atomic E-state index is 0.0692. The molecule has 18 heavy (non-hydrogen) atoms. The van der Waals surface area contributed by atoms with Crippen molar-refractivity contribution in [2.75, 3.05) is 19.8 Å². The van der Waals surface area contributed by atoms with Crippen LogP contribution in [0.5, 0.6) is 0 Å². The van der Waals surface area contributed by atoms with Crippen molar-refractivity contribution in [2.45, 2.75) is 10.6 Å². The average molecular weight is 358 g/mol. The van der Waals surface area contributed by atoms with E-state index >= 15 is 0 Å². The Morgan fingerprint density at radius 2 is 2.22 bits per heavy atom. The van der Waals surface area contributed by atoms with E-state index in [4.69, 9.17) is 9.84 Å². The highest BCUT2D eigenvalue weighted by Crippen LogP contribution is 2.27. The lowest BCUT2D eigenvalue weighted by molar-refractivity contribution is -0.138. The summed E-state index contributed by atoms with van der Waals surface area (Å²) < 4.78 is 31.6. The first-order valence-electron chi connectivity index (χ1n) is 4.95. The lowest BCUT2D eigenvalue weighted by atomic mass is 10.5. The molecule has 0 saturated carbocycles. The van der Waals surface area contributed by atoms with Crippen LogP contribution in [-0.4, -0.2) is 39.3 Å². The summed E-state index contributed by atoms with van der Waals surface area (Å²) in [6, 6.07) is 1.66. The molecule has 1 aromatic rings. The summed E-state index contributed by atoms with van der Waals surface area (Å²) in [5, 5.41) is 10.0. The Bertz CT molecular complexity index is 499. The molecule has 0 fully saturated rings. The fourth-order valence-electron chi connectivity index (χ4n) is 1.05. The molecule has 1 aromatic heterocycles. The van der Waals surface area contributed by atoms with Crippen LogP contribution in [0.15, 0.2) is 20.1 Å². The van der Waals surface area contributed by atoms with Gasteiger partial charge in [-0.25, -0.2) is 13.1 Å². The highest BCUT2D eigenvalue weighted by atomic mass is 79.9. The van der Waals surface area contributed by atoms with Crippen molar-refractivity contribution in [3.8, 4) is 0 Å². The summed E-state index contributed by atoms with van der Waals surface area (Å²) >= 11 is 4.26. The number of rotatable bonds is 8. The summed E-state index contributed by atoms with van der Waals surface area (Å²) in [7, 11) is -3.53. The zero-order chi connectivity index (χ0) is 13.6. The molecule has 0 radical (unpaired) electrons. The minimum Gasteiger partial charge on any atom is -0.481 e. The topological polar surface area (TPSA) is 92.7 Å². The van der Waals surface area contributed by atoms with E-state index in [9.17, 15) is 13.2 Å². The van der Waals surface area contributed by atoms with Gasteiger partial charge in [0.15, 0.2) is 0 Å². The molecular formula is C9H12BrNO5S2. The van der Waals surface area contributed by atoms with E-state index in [2.05, 4.69) is 20.7 Å². The number of hydrogen-bond acceptors (Lipinski definition) is 5. The molecule has 0 unspecified atom stereocenters. The van der Waals surface area contributed by atoms with Crippen LogP contribution in [0.4, 0.5) is 0 Å². The monoisotopic (exact) mass is 357 g/mol. The molecule has 102 valence electrons. The molecular weight excluding hydrogens is 346 g/mol. The fourth-order valence-corrected chi connectivity index (χ4v) is 4.44. The number of aliphatic carboxylic acids is 1. The van der Waals surface area contributed by atoms with Crippen molar-refractivity contribution in [3.05, 3.63) is 15.9 Å². The zero-order valence-corrected chi connectivity index (χ0v) is 12.5. The number of ether oxygens (including phenoxy) is 1. The van der Waals surface area contributed by atoms with Gasteiger partial charge in [0.05, 0.1) is 19.6 Å². The Kier molecular flexibility index (Phi) is 6.22. The summed E-state index contributed by atoms with van der Waals surface area (Å²) in [5.74, 6) is -0.946.